The molecule has 1 atom stereocenters. The summed E-state index contributed by atoms with van der Waals surface area (Å²) in [7, 11) is 2.93. The van der Waals surface area contributed by atoms with E-state index in [1.807, 2.05) is 30.3 Å². The minimum absolute atomic E-state index is 0.113. The van der Waals surface area contributed by atoms with E-state index in [0.717, 1.165) is 5.69 Å². The molecule has 3 aromatic carbocycles. The molecule has 2 aromatic heterocycles. The fraction of sp³-hybridized carbons (Fsp3) is 0.200. The Morgan fingerprint density at radius 2 is 1.77 bits per heavy atom. The maximum absolute atomic E-state index is 14.3. The van der Waals surface area contributed by atoms with Crippen molar-refractivity contribution in [3.8, 4) is 28.4 Å². The van der Waals surface area contributed by atoms with Crippen LogP contribution in [-0.4, -0.2) is 45.6 Å². The number of carbonyl (C=O) groups excluding carboxylic acids is 1. The van der Waals surface area contributed by atoms with Crippen LogP contribution in [0, 0.1) is 10.1 Å². The average molecular weight is 666 g/mol. The number of aromatic nitrogens is 3. The number of carbonyl (C=O) groups is 1. The summed E-state index contributed by atoms with van der Waals surface area (Å²) in [5, 5.41) is 16.6. The van der Waals surface area contributed by atoms with Gasteiger partial charge in [-0.25, -0.2) is 14.5 Å². The van der Waals surface area contributed by atoms with Crippen molar-refractivity contribution in [1.29, 1.82) is 0 Å². The lowest BCUT2D eigenvalue weighted by atomic mass is 9.96. The number of rotatable bonds is 9. The Morgan fingerprint density at radius 3 is 2.42 bits per heavy atom. The number of methoxy groups -OCH3 is 2. The highest BCUT2D eigenvalue weighted by Gasteiger charge is 2.34. The maximum atomic E-state index is 14.3. The van der Waals surface area contributed by atoms with E-state index >= 15 is 0 Å². The monoisotopic (exact) mass is 665 g/mol. The third-order valence-electron chi connectivity index (χ3n) is 7.71. The minimum Gasteiger partial charge on any atom is -0.497 e. The van der Waals surface area contributed by atoms with Crippen molar-refractivity contribution in [1.82, 2.24) is 14.3 Å². The molecule has 6 rings (SSSR count). The first-order valence-electron chi connectivity index (χ1n) is 14.9. The standard InChI is InChI=1S/C35H31N5O7S/c1-20(2)47-34(42)30-21(3)36-35-39(32(30)22-11-14-26(45-4)15-12-22)33(41)29(48-35)18-24-19-38(25-9-7-6-8-10-25)37-31(24)23-13-16-28(46-5)27(17-23)40(43)44/h6-20,32H,1-5H3/b29-18-. The van der Waals surface area contributed by atoms with Gasteiger partial charge in [0, 0.05) is 23.4 Å². The van der Waals surface area contributed by atoms with Gasteiger partial charge in [-0.2, -0.15) is 5.10 Å². The number of esters is 1. The number of nitro benzene ring substituents is 1. The second kappa shape index (κ2) is 13.1. The number of allylic oxidation sites excluding steroid dienone is 1. The summed E-state index contributed by atoms with van der Waals surface area (Å²) in [6.07, 6.45) is 3.07. The first-order chi connectivity index (χ1) is 23.1. The summed E-state index contributed by atoms with van der Waals surface area (Å²) >= 11 is 1.17. The zero-order valence-corrected chi connectivity index (χ0v) is 27.6. The van der Waals surface area contributed by atoms with Crippen molar-refractivity contribution in [2.45, 2.75) is 32.9 Å². The van der Waals surface area contributed by atoms with Crippen LogP contribution >= 0.6 is 11.3 Å². The van der Waals surface area contributed by atoms with Crippen LogP contribution in [0.3, 0.4) is 0 Å². The van der Waals surface area contributed by atoms with E-state index in [0.29, 0.717) is 43.2 Å². The summed E-state index contributed by atoms with van der Waals surface area (Å²) in [6, 6.07) is 20.3. The summed E-state index contributed by atoms with van der Waals surface area (Å²) in [6.45, 7) is 5.25. The number of thiazole rings is 1. The van der Waals surface area contributed by atoms with Crippen molar-refractivity contribution in [3.05, 3.63) is 131 Å². The Hall–Kier alpha value is -5.82. The van der Waals surface area contributed by atoms with Crippen LogP contribution in [0.1, 0.15) is 37.9 Å². The van der Waals surface area contributed by atoms with Gasteiger partial charge in [-0.3, -0.25) is 19.5 Å². The fourth-order valence-corrected chi connectivity index (χ4v) is 6.55. The number of nitrogens with zero attached hydrogens (tertiary/aromatic N) is 5. The molecule has 5 aromatic rings. The van der Waals surface area contributed by atoms with Crippen molar-refractivity contribution < 1.29 is 23.9 Å². The molecule has 0 fully saturated rings. The van der Waals surface area contributed by atoms with E-state index in [1.165, 1.54) is 35.1 Å². The van der Waals surface area contributed by atoms with Crippen molar-refractivity contribution in [2.24, 2.45) is 4.99 Å². The predicted octanol–water partition coefficient (Wildman–Crippen LogP) is 4.96. The lowest BCUT2D eigenvalue weighted by Gasteiger charge is -2.25. The van der Waals surface area contributed by atoms with Gasteiger partial charge in [0.25, 0.3) is 5.56 Å². The van der Waals surface area contributed by atoms with Gasteiger partial charge in [-0.05, 0) is 68.8 Å². The first-order valence-corrected chi connectivity index (χ1v) is 15.8. The van der Waals surface area contributed by atoms with Gasteiger partial charge >= 0.3 is 11.7 Å². The van der Waals surface area contributed by atoms with Gasteiger partial charge in [0.05, 0.1) is 52.8 Å². The molecule has 244 valence electrons. The Balaban J connectivity index is 1.56. The number of ether oxygens (including phenoxy) is 3. The maximum Gasteiger partial charge on any atom is 0.338 e. The highest BCUT2D eigenvalue weighted by molar-refractivity contribution is 7.07. The largest absolute Gasteiger partial charge is 0.497 e. The number of para-hydroxylation sites is 1. The lowest BCUT2D eigenvalue weighted by Crippen LogP contribution is -2.40. The smallest absolute Gasteiger partial charge is 0.338 e. The number of hydrogen-bond acceptors (Lipinski definition) is 10. The molecule has 0 N–H and O–H groups in total. The van der Waals surface area contributed by atoms with E-state index in [2.05, 4.69) is 4.99 Å². The highest BCUT2D eigenvalue weighted by atomic mass is 32.1. The number of benzene rings is 3. The quantitative estimate of drug-likeness (QED) is 0.122. The zero-order valence-electron chi connectivity index (χ0n) is 26.7. The van der Waals surface area contributed by atoms with Gasteiger partial charge in [-0.1, -0.05) is 41.7 Å². The van der Waals surface area contributed by atoms with E-state index in [9.17, 15) is 19.7 Å². The van der Waals surface area contributed by atoms with Crippen molar-refractivity contribution in [3.63, 3.8) is 0 Å². The molecule has 0 aliphatic carbocycles. The molecule has 48 heavy (non-hydrogen) atoms. The van der Waals surface area contributed by atoms with Crippen molar-refractivity contribution >= 4 is 29.1 Å². The lowest BCUT2D eigenvalue weighted by molar-refractivity contribution is -0.385. The summed E-state index contributed by atoms with van der Waals surface area (Å²) in [5.41, 5.74) is 2.96. The van der Waals surface area contributed by atoms with Gasteiger partial charge < -0.3 is 14.2 Å². The van der Waals surface area contributed by atoms with Crippen LogP contribution in [0.25, 0.3) is 23.0 Å². The van der Waals surface area contributed by atoms with Gasteiger partial charge in [0.2, 0.25) is 0 Å². The molecule has 0 bridgehead atoms. The molecule has 0 saturated heterocycles. The Bertz CT molecular complexity index is 2250. The summed E-state index contributed by atoms with van der Waals surface area (Å²) in [4.78, 5) is 44.2. The molecular formula is C35H31N5O7S. The highest BCUT2D eigenvalue weighted by Crippen LogP contribution is 2.34. The number of fused-ring (bicyclic) bond motifs is 1. The second-order valence-electron chi connectivity index (χ2n) is 11.2. The molecule has 12 nitrogen and oxygen atoms in total. The molecule has 1 unspecified atom stereocenters. The van der Waals surface area contributed by atoms with Crippen molar-refractivity contribution in [2.75, 3.05) is 14.2 Å². The second-order valence-corrected chi connectivity index (χ2v) is 12.2. The third kappa shape index (κ3) is 6.02. The SMILES string of the molecule is COc1ccc(C2C(C(=O)OC(C)C)=C(C)N=c3s/c(=C\c4cn(-c5ccccc5)nc4-c4ccc(OC)c([N+](=O)[O-])c4)c(=O)n32)cc1. The first kappa shape index (κ1) is 32.1. The zero-order chi connectivity index (χ0) is 34.1. The molecular weight excluding hydrogens is 634 g/mol. The molecule has 0 saturated carbocycles. The fourth-order valence-electron chi connectivity index (χ4n) is 5.51. The minimum atomic E-state index is -0.809. The molecule has 1 aliphatic rings. The van der Waals surface area contributed by atoms with Crippen LogP contribution in [0.5, 0.6) is 11.5 Å². The Morgan fingerprint density at radius 1 is 1.04 bits per heavy atom. The molecule has 0 amide bonds. The van der Waals surface area contributed by atoms with Gasteiger partial charge in [-0.15, -0.1) is 0 Å². The van der Waals surface area contributed by atoms with Gasteiger partial charge in [0.1, 0.15) is 11.4 Å². The van der Waals surface area contributed by atoms with E-state index in [4.69, 9.17) is 19.3 Å². The Labute approximate surface area is 278 Å². The van der Waals surface area contributed by atoms with E-state index in [-0.39, 0.29) is 28.7 Å². The number of nitro groups is 1. The number of hydrogen-bond donors (Lipinski definition) is 0. The summed E-state index contributed by atoms with van der Waals surface area (Å²) < 4.78 is 19.6. The molecule has 0 spiro atoms. The van der Waals surface area contributed by atoms with Crippen LogP contribution in [0.2, 0.25) is 0 Å². The van der Waals surface area contributed by atoms with Gasteiger partial charge in [0.15, 0.2) is 10.6 Å². The molecule has 3 heterocycles. The normalized spacial score (nSPS) is 14.5. The van der Waals surface area contributed by atoms with E-state index in [1.54, 1.807) is 75.2 Å². The average Bonchev–Trinajstić information content (AvgIpc) is 3.64. The van der Waals surface area contributed by atoms with Crippen LogP contribution in [0.15, 0.2) is 100 Å². The topological polar surface area (TPSA) is 140 Å². The van der Waals surface area contributed by atoms with Crippen LogP contribution in [0.4, 0.5) is 5.69 Å². The van der Waals surface area contributed by atoms with Crippen LogP contribution < -0.4 is 24.4 Å². The third-order valence-corrected chi connectivity index (χ3v) is 8.70. The predicted molar refractivity (Wildman–Crippen MR) is 180 cm³/mol. The van der Waals surface area contributed by atoms with Crippen LogP contribution in [-0.2, 0) is 9.53 Å². The molecule has 0 radical (unpaired) electrons. The Kier molecular flexibility index (Phi) is 8.78. The molecule has 1 aliphatic heterocycles. The molecule has 13 heteroatoms. The van der Waals surface area contributed by atoms with E-state index < -0.39 is 16.9 Å². The summed E-state index contributed by atoms with van der Waals surface area (Å²) in [5.74, 6) is 0.176.